The summed E-state index contributed by atoms with van der Waals surface area (Å²) in [5.74, 6) is 2.79. The third kappa shape index (κ3) is 2.78. The van der Waals surface area contributed by atoms with Crippen LogP contribution in [0.4, 0.5) is 0 Å². The highest BCUT2D eigenvalue weighted by molar-refractivity contribution is 5.20. The van der Waals surface area contributed by atoms with Crippen LogP contribution < -0.4 is 0 Å². The Morgan fingerprint density at radius 2 is 1.31 bits per heavy atom. The molecule has 0 heterocycles. The molecule has 184 valence electrons. The van der Waals surface area contributed by atoms with E-state index in [1.807, 2.05) is 13.8 Å². The van der Waals surface area contributed by atoms with Gasteiger partial charge in [0.2, 0.25) is 0 Å². The first-order valence-electron chi connectivity index (χ1n) is 14.0. The first kappa shape index (κ1) is 23.7. The van der Waals surface area contributed by atoms with Crippen molar-refractivity contribution < 1.29 is 10.2 Å². The molecule has 2 heteroatoms. The van der Waals surface area contributed by atoms with Crippen LogP contribution in [0.2, 0.25) is 0 Å². The molecule has 0 aromatic carbocycles. The van der Waals surface area contributed by atoms with E-state index in [2.05, 4.69) is 41.5 Å². The van der Waals surface area contributed by atoms with Gasteiger partial charge in [0.25, 0.3) is 0 Å². The Morgan fingerprint density at radius 3 is 1.94 bits per heavy atom. The Balaban J connectivity index is 1.55. The van der Waals surface area contributed by atoms with E-state index >= 15 is 0 Å². The largest absolute Gasteiger partial charge is 0.393 e. The van der Waals surface area contributed by atoms with Crippen LogP contribution in [-0.4, -0.2) is 21.9 Å². The third-order valence-corrected chi connectivity index (χ3v) is 13.6. The highest BCUT2D eigenvalue weighted by Gasteiger charge is 2.72. The number of rotatable bonds is 1. The highest BCUT2D eigenvalue weighted by Crippen LogP contribution is 2.78. The Bertz CT molecular complexity index is 765. The topological polar surface area (TPSA) is 40.5 Å². The summed E-state index contributed by atoms with van der Waals surface area (Å²) < 4.78 is 0. The molecule has 0 radical (unpaired) electrons. The predicted octanol–water partition coefficient (Wildman–Crippen LogP) is 7.22. The zero-order valence-electron chi connectivity index (χ0n) is 22.4. The molecule has 5 aliphatic rings. The van der Waals surface area contributed by atoms with Gasteiger partial charge < -0.3 is 10.2 Å². The lowest BCUT2D eigenvalue weighted by Crippen LogP contribution is -2.68. The molecule has 5 fully saturated rings. The molecule has 0 saturated heterocycles. The number of hydrogen-bond donors (Lipinski definition) is 2. The number of fused-ring (bicyclic) bond motifs is 7. The minimum Gasteiger partial charge on any atom is -0.393 e. The molecule has 0 aliphatic heterocycles. The number of aliphatic hydroxyl groups excluding tert-OH is 1. The van der Waals surface area contributed by atoms with Crippen LogP contribution in [0.1, 0.15) is 120 Å². The lowest BCUT2D eigenvalue weighted by Gasteiger charge is -2.73. The molecule has 0 amide bonds. The molecule has 0 spiro atoms. The summed E-state index contributed by atoms with van der Waals surface area (Å²) in [6, 6.07) is 0. The maximum absolute atomic E-state index is 11.8. The van der Waals surface area contributed by atoms with E-state index < -0.39 is 5.60 Å². The lowest BCUT2D eigenvalue weighted by atomic mass is 9.31. The highest BCUT2D eigenvalue weighted by atomic mass is 16.3. The average Bonchev–Trinajstić information content (AvgIpc) is 3.01. The second kappa shape index (κ2) is 6.77. The fraction of sp³-hybridized carbons (Fsp3) is 1.00. The van der Waals surface area contributed by atoms with Crippen molar-refractivity contribution in [2.75, 3.05) is 0 Å². The van der Waals surface area contributed by atoms with E-state index in [-0.39, 0.29) is 28.8 Å². The summed E-state index contributed by atoms with van der Waals surface area (Å²) >= 11 is 0. The molecule has 0 bridgehead atoms. The summed E-state index contributed by atoms with van der Waals surface area (Å²) in [5.41, 5.74) is 0.907. The van der Waals surface area contributed by atoms with E-state index in [1.54, 1.807) is 0 Å². The molecule has 0 aromatic rings. The normalized spacial score (nSPS) is 57.2. The molecule has 32 heavy (non-hydrogen) atoms. The molecule has 5 aliphatic carbocycles. The molecular weight excluding hydrogens is 392 g/mol. The molecule has 0 unspecified atom stereocenters. The number of hydrogen-bond acceptors (Lipinski definition) is 2. The van der Waals surface area contributed by atoms with Gasteiger partial charge in [0.05, 0.1) is 11.7 Å². The molecule has 5 rings (SSSR count). The quantitative estimate of drug-likeness (QED) is 0.448. The predicted molar refractivity (Wildman–Crippen MR) is 132 cm³/mol. The Hall–Kier alpha value is -0.0800. The third-order valence-electron chi connectivity index (χ3n) is 13.6. The molecule has 0 aromatic heterocycles. The summed E-state index contributed by atoms with van der Waals surface area (Å²) in [6.45, 7) is 19.5. The summed E-state index contributed by atoms with van der Waals surface area (Å²) in [5, 5.41) is 22.7. The van der Waals surface area contributed by atoms with Crippen molar-refractivity contribution >= 4 is 0 Å². The summed E-state index contributed by atoms with van der Waals surface area (Å²) in [6.07, 6.45) is 12.5. The molecule has 10 atom stereocenters. The molecule has 2 nitrogen and oxygen atoms in total. The van der Waals surface area contributed by atoms with Gasteiger partial charge in [-0.1, -0.05) is 48.0 Å². The van der Waals surface area contributed by atoms with E-state index in [9.17, 15) is 10.2 Å². The fourth-order valence-corrected chi connectivity index (χ4v) is 12.2. The van der Waals surface area contributed by atoms with Crippen LogP contribution in [0, 0.1) is 56.7 Å². The first-order valence-corrected chi connectivity index (χ1v) is 14.0. The van der Waals surface area contributed by atoms with Gasteiger partial charge in [-0.2, -0.15) is 0 Å². The van der Waals surface area contributed by atoms with Crippen molar-refractivity contribution in [3.63, 3.8) is 0 Å². The van der Waals surface area contributed by atoms with E-state index in [4.69, 9.17) is 0 Å². The second-order valence-corrected chi connectivity index (χ2v) is 15.6. The van der Waals surface area contributed by atoms with Gasteiger partial charge in [-0.3, -0.25) is 0 Å². The van der Waals surface area contributed by atoms with Crippen LogP contribution in [0.3, 0.4) is 0 Å². The van der Waals surface area contributed by atoms with Crippen LogP contribution in [0.5, 0.6) is 0 Å². The standard InChI is InChI=1S/C30H52O2/c1-25(2)14-9-15-27(5)21(25)13-17-29(7)22(27)10-11-23-28(6)16-12-19(26(3,4)32)24(28)20(31)18-30(23,29)8/h19-24,31-32H,9-18H2,1-8H3/t19-,20-,21-,22+,23+,24+,27-,28+,29+,30+/m0/s1. The van der Waals surface area contributed by atoms with Gasteiger partial charge in [-0.25, -0.2) is 0 Å². The summed E-state index contributed by atoms with van der Waals surface area (Å²) in [7, 11) is 0. The van der Waals surface area contributed by atoms with E-state index in [1.165, 1.54) is 51.4 Å². The Kier molecular flexibility index (Phi) is 5.01. The van der Waals surface area contributed by atoms with Crippen molar-refractivity contribution in [1.82, 2.24) is 0 Å². The van der Waals surface area contributed by atoms with Crippen molar-refractivity contribution in [2.24, 2.45) is 56.7 Å². The van der Waals surface area contributed by atoms with Gasteiger partial charge in [0.15, 0.2) is 0 Å². The SMILES string of the molecule is CC(C)(O)[C@H]1CC[C@@]2(C)[C@H]1[C@@H](O)C[C@]1(C)[C@@H]2CC[C@@H]2[C@@]3(C)CCCC(C)(C)[C@@H]3CC[C@]21C. The minimum absolute atomic E-state index is 0.161. The zero-order chi connectivity index (χ0) is 23.5. The van der Waals surface area contributed by atoms with Crippen LogP contribution in [0.15, 0.2) is 0 Å². The summed E-state index contributed by atoms with van der Waals surface area (Å²) in [4.78, 5) is 0. The maximum atomic E-state index is 11.8. The van der Waals surface area contributed by atoms with Crippen LogP contribution in [-0.2, 0) is 0 Å². The average molecular weight is 445 g/mol. The van der Waals surface area contributed by atoms with Crippen molar-refractivity contribution in [2.45, 2.75) is 131 Å². The second-order valence-electron chi connectivity index (χ2n) is 15.6. The molecule has 5 saturated carbocycles. The smallest absolute Gasteiger partial charge is 0.0623 e. The monoisotopic (exact) mass is 444 g/mol. The molecular formula is C30H52O2. The van der Waals surface area contributed by atoms with Gasteiger partial charge >= 0.3 is 0 Å². The van der Waals surface area contributed by atoms with Gasteiger partial charge in [-0.05, 0) is 128 Å². The maximum Gasteiger partial charge on any atom is 0.0623 e. The van der Waals surface area contributed by atoms with Crippen molar-refractivity contribution in [1.29, 1.82) is 0 Å². The Morgan fingerprint density at radius 1 is 0.688 bits per heavy atom. The van der Waals surface area contributed by atoms with Gasteiger partial charge in [0.1, 0.15) is 0 Å². The van der Waals surface area contributed by atoms with Crippen molar-refractivity contribution in [3.8, 4) is 0 Å². The van der Waals surface area contributed by atoms with Crippen LogP contribution >= 0.6 is 0 Å². The van der Waals surface area contributed by atoms with E-state index in [0.29, 0.717) is 22.2 Å². The van der Waals surface area contributed by atoms with Crippen molar-refractivity contribution in [3.05, 3.63) is 0 Å². The van der Waals surface area contributed by atoms with Gasteiger partial charge in [-0.15, -0.1) is 0 Å². The first-order chi connectivity index (χ1) is 14.6. The fourth-order valence-electron chi connectivity index (χ4n) is 12.2. The van der Waals surface area contributed by atoms with E-state index in [0.717, 1.165) is 24.7 Å². The minimum atomic E-state index is -0.697. The van der Waals surface area contributed by atoms with Crippen LogP contribution in [0.25, 0.3) is 0 Å². The number of aliphatic hydroxyl groups is 2. The zero-order valence-corrected chi connectivity index (χ0v) is 22.4. The van der Waals surface area contributed by atoms with Gasteiger partial charge in [0, 0.05) is 0 Å². The molecule has 2 N–H and O–H groups in total. The lowest BCUT2D eigenvalue weighted by molar-refractivity contribution is -0.260. The Labute approximate surface area is 198 Å².